The van der Waals surface area contributed by atoms with E-state index >= 15 is 0 Å². The number of rotatable bonds is 0. The van der Waals surface area contributed by atoms with Crippen molar-refractivity contribution in [1.29, 1.82) is 0 Å². The first-order valence-corrected chi connectivity index (χ1v) is 5.66. The molecule has 1 aromatic carbocycles. The molecule has 1 aromatic rings. The number of benzene rings is 1. The summed E-state index contributed by atoms with van der Waals surface area (Å²) >= 11 is 7.01. The van der Waals surface area contributed by atoms with Gasteiger partial charge in [0.15, 0.2) is 0 Å². The van der Waals surface area contributed by atoms with Crippen molar-refractivity contribution in [3.05, 3.63) is 33.8 Å². The highest BCUT2D eigenvalue weighted by atomic mass is 79.9. The summed E-state index contributed by atoms with van der Waals surface area (Å²) < 4.78 is 2.05. The molecule has 1 aliphatic rings. The van der Waals surface area contributed by atoms with Crippen molar-refractivity contribution < 1.29 is 0 Å². The number of fused-ring (bicyclic) bond motifs is 1. The van der Waals surface area contributed by atoms with Crippen LogP contribution in [0.5, 0.6) is 0 Å². The average Bonchev–Trinajstić information content (AvgIpc) is 2.24. The zero-order chi connectivity index (χ0) is 9.64. The first-order valence-electron chi connectivity index (χ1n) is 4.07. The van der Waals surface area contributed by atoms with Gasteiger partial charge in [0, 0.05) is 10.0 Å². The Bertz CT molecular complexity index is 394. The largest absolute Gasteiger partial charge is 0.266 e. The third kappa shape index (κ3) is 1.38. The van der Waals surface area contributed by atoms with Gasteiger partial charge in [-0.3, -0.25) is 4.99 Å². The summed E-state index contributed by atoms with van der Waals surface area (Å²) in [5, 5.41) is 0. The summed E-state index contributed by atoms with van der Waals surface area (Å²) in [5.41, 5.74) is 2.36. The molecule has 0 aliphatic carbocycles. The fraction of sp³-hybridized carbons (Fsp3) is 0.300. The molecule has 0 amide bonds. The third-order valence-corrected chi connectivity index (χ3v) is 3.49. The summed E-state index contributed by atoms with van der Waals surface area (Å²) in [7, 11) is 0. The molecule has 0 saturated heterocycles. The third-order valence-electron chi connectivity index (χ3n) is 2.26. The van der Waals surface area contributed by atoms with Crippen molar-refractivity contribution in [2.24, 2.45) is 4.99 Å². The van der Waals surface area contributed by atoms with Crippen molar-refractivity contribution in [2.75, 3.05) is 0 Å². The van der Waals surface area contributed by atoms with Crippen LogP contribution in [0.1, 0.15) is 25.0 Å². The van der Waals surface area contributed by atoms with Crippen LogP contribution >= 0.6 is 31.9 Å². The maximum atomic E-state index is 4.55. The zero-order valence-corrected chi connectivity index (χ0v) is 10.6. The molecule has 0 N–H and O–H groups in total. The Morgan fingerprint density at radius 2 is 1.92 bits per heavy atom. The van der Waals surface area contributed by atoms with Gasteiger partial charge in [0.25, 0.3) is 0 Å². The fourth-order valence-electron chi connectivity index (χ4n) is 1.61. The molecule has 0 radical (unpaired) electrons. The quantitative estimate of drug-likeness (QED) is 0.690. The molecular formula is C10H9Br2N. The van der Waals surface area contributed by atoms with Gasteiger partial charge in [0.05, 0.1) is 5.54 Å². The summed E-state index contributed by atoms with van der Waals surface area (Å²) in [6.45, 7) is 4.24. The van der Waals surface area contributed by atoms with Gasteiger partial charge in [-0.05, 0) is 41.4 Å². The maximum Gasteiger partial charge on any atom is 0.110 e. The Kier molecular flexibility index (Phi) is 2.11. The first-order chi connectivity index (χ1) is 6.02. The molecule has 3 heteroatoms. The van der Waals surface area contributed by atoms with E-state index in [-0.39, 0.29) is 5.54 Å². The van der Waals surface area contributed by atoms with Gasteiger partial charge in [-0.1, -0.05) is 28.1 Å². The van der Waals surface area contributed by atoms with Gasteiger partial charge in [0.1, 0.15) is 4.62 Å². The normalized spacial score (nSPS) is 18.3. The smallest absolute Gasteiger partial charge is 0.110 e. The van der Waals surface area contributed by atoms with Crippen molar-refractivity contribution in [2.45, 2.75) is 19.4 Å². The summed E-state index contributed by atoms with van der Waals surface area (Å²) in [4.78, 5) is 4.55. The van der Waals surface area contributed by atoms with E-state index in [0.717, 1.165) is 9.09 Å². The minimum atomic E-state index is -0.0993. The highest BCUT2D eigenvalue weighted by Gasteiger charge is 2.31. The van der Waals surface area contributed by atoms with Crippen molar-refractivity contribution in [1.82, 2.24) is 0 Å². The van der Waals surface area contributed by atoms with Crippen LogP contribution in [0, 0.1) is 0 Å². The minimum Gasteiger partial charge on any atom is -0.266 e. The lowest BCUT2D eigenvalue weighted by molar-refractivity contribution is 0.572. The second kappa shape index (κ2) is 2.92. The van der Waals surface area contributed by atoms with Crippen LogP contribution in [-0.2, 0) is 5.54 Å². The molecule has 2 rings (SSSR count). The Morgan fingerprint density at radius 3 is 2.54 bits per heavy atom. The fourth-order valence-corrected chi connectivity index (χ4v) is 3.30. The van der Waals surface area contributed by atoms with Gasteiger partial charge in [-0.15, -0.1) is 0 Å². The predicted octanol–water partition coefficient (Wildman–Crippen LogP) is 3.84. The van der Waals surface area contributed by atoms with Gasteiger partial charge in [-0.2, -0.15) is 0 Å². The molecule has 1 nitrogen and oxygen atoms in total. The molecule has 0 atom stereocenters. The number of hydrogen-bond donors (Lipinski definition) is 0. The summed E-state index contributed by atoms with van der Waals surface area (Å²) in [6, 6.07) is 6.21. The molecule has 0 unspecified atom stereocenters. The number of halogens is 2. The number of hydrogen-bond acceptors (Lipinski definition) is 1. The number of aliphatic imine (C=N–C) groups is 1. The van der Waals surface area contributed by atoms with E-state index in [1.807, 2.05) is 12.1 Å². The van der Waals surface area contributed by atoms with Crippen LogP contribution < -0.4 is 0 Å². The van der Waals surface area contributed by atoms with Crippen LogP contribution in [0.4, 0.5) is 0 Å². The van der Waals surface area contributed by atoms with Gasteiger partial charge < -0.3 is 0 Å². The van der Waals surface area contributed by atoms with Crippen LogP contribution in [0.25, 0.3) is 0 Å². The van der Waals surface area contributed by atoms with E-state index < -0.39 is 0 Å². The summed E-state index contributed by atoms with van der Waals surface area (Å²) in [6.07, 6.45) is 0. The maximum absolute atomic E-state index is 4.55. The molecule has 0 fully saturated rings. The zero-order valence-electron chi connectivity index (χ0n) is 7.44. The standard InChI is InChI=1S/C10H9Br2N/c1-10(2)6-4-3-5-7(11)8(6)9(12)13-10/h3-5H,1-2H3. The summed E-state index contributed by atoms with van der Waals surface area (Å²) in [5.74, 6) is 0. The molecular weight excluding hydrogens is 294 g/mol. The second-order valence-electron chi connectivity index (χ2n) is 3.62. The van der Waals surface area contributed by atoms with Crippen molar-refractivity contribution in [3.63, 3.8) is 0 Å². The Balaban J connectivity index is 2.74. The van der Waals surface area contributed by atoms with E-state index in [0.29, 0.717) is 0 Å². The average molecular weight is 303 g/mol. The minimum absolute atomic E-state index is 0.0993. The molecule has 0 spiro atoms. The highest BCUT2D eigenvalue weighted by Crippen LogP contribution is 2.39. The van der Waals surface area contributed by atoms with Gasteiger partial charge >= 0.3 is 0 Å². The first kappa shape index (κ1) is 9.41. The molecule has 68 valence electrons. The lowest BCUT2D eigenvalue weighted by Crippen LogP contribution is -2.10. The van der Waals surface area contributed by atoms with Gasteiger partial charge in [-0.25, -0.2) is 0 Å². The second-order valence-corrected chi connectivity index (χ2v) is 5.23. The van der Waals surface area contributed by atoms with Crippen LogP contribution in [0.3, 0.4) is 0 Å². The van der Waals surface area contributed by atoms with E-state index in [1.165, 1.54) is 11.1 Å². The molecule has 1 aliphatic heterocycles. The predicted molar refractivity (Wildman–Crippen MR) is 62.6 cm³/mol. The van der Waals surface area contributed by atoms with Crippen molar-refractivity contribution >= 4 is 36.5 Å². The molecule has 0 saturated carbocycles. The van der Waals surface area contributed by atoms with Crippen LogP contribution in [-0.4, -0.2) is 4.62 Å². The van der Waals surface area contributed by atoms with E-state index in [1.54, 1.807) is 0 Å². The van der Waals surface area contributed by atoms with E-state index in [2.05, 4.69) is 56.8 Å². The molecule has 0 aromatic heterocycles. The Hall–Kier alpha value is -0.150. The van der Waals surface area contributed by atoms with Crippen LogP contribution in [0.15, 0.2) is 27.7 Å². The monoisotopic (exact) mass is 301 g/mol. The van der Waals surface area contributed by atoms with Crippen molar-refractivity contribution in [3.8, 4) is 0 Å². The van der Waals surface area contributed by atoms with Gasteiger partial charge in [0.2, 0.25) is 0 Å². The molecule has 0 bridgehead atoms. The molecule has 13 heavy (non-hydrogen) atoms. The highest BCUT2D eigenvalue weighted by molar-refractivity contribution is 9.18. The van der Waals surface area contributed by atoms with E-state index in [4.69, 9.17) is 0 Å². The lowest BCUT2D eigenvalue weighted by atomic mass is 9.94. The Labute approximate surface area is 94.5 Å². The lowest BCUT2D eigenvalue weighted by Gasteiger charge is -2.15. The SMILES string of the molecule is CC1(C)N=C(Br)c2c(Br)cccc21. The topological polar surface area (TPSA) is 12.4 Å². The number of nitrogens with zero attached hydrogens (tertiary/aromatic N) is 1. The Morgan fingerprint density at radius 1 is 1.23 bits per heavy atom. The van der Waals surface area contributed by atoms with E-state index in [9.17, 15) is 0 Å². The van der Waals surface area contributed by atoms with Crippen LogP contribution in [0.2, 0.25) is 0 Å². The molecule has 1 heterocycles.